The number of para-hydroxylation sites is 1. The Hall–Kier alpha value is -2.40. The van der Waals surface area contributed by atoms with Crippen molar-refractivity contribution in [3.63, 3.8) is 0 Å². The van der Waals surface area contributed by atoms with Crippen LogP contribution in [0.3, 0.4) is 0 Å². The van der Waals surface area contributed by atoms with Crippen LogP contribution in [0.4, 0.5) is 10.1 Å². The number of carbonyl (C=O) groups excluding carboxylic acids is 1. The van der Waals surface area contributed by atoms with E-state index in [1.807, 2.05) is 0 Å². The van der Waals surface area contributed by atoms with Crippen molar-refractivity contribution in [2.75, 3.05) is 5.32 Å². The lowest BCUT2D eigenvalue weighted by atomic mass is 10.1. The van der Waals surface area contributed by atoms with Crippen LogP contribution < -0.4 is 5.32 Å². The molecule has 21 heavy (non-hydrogen) atoms. The van der Waals surface area contributed by atoms with E-state index < -0.39 is 17.8 Å². The van der Waals surface area contributed by atoms with Gasteiger partial charge in [-0.25, -0.2) is 4.39 Å². The minimum absolute atomic E-state index is 0.0383. The second-order valence-corrected chi connectivity index (χ2v) is 4.79. The van der Waals surface area contributed by atoms with Crippen molar-refractivity contribution in [2.24, 2.45) is 0 Å². The lowest BCUT2D eigenvalue weighted by molar-refractivity contribution is -0.118. The number of hydrogen-bond donors (Lipinski definition) is 3. The number of amides is 1. The van der Waals surface area contributed by atoms with Crippen LogP contribution in [-0.2, 0) is 4.79 Å². The molecular formula is C16H16FNO3. The molecule has 4 nitrogen and oxygen atoms in total. The Morgan fingerprint density at radius 1 is 1.29 bits per heavy atom. The van der Waals surface area contributed by atoms with E-state index in [-0.39, 0.29) is 12.2 Å². The lowest BCUT2D eigenvalue weighted by Gasteiger charge is -2.13. The van der Waals surface area contributed by atoms with Gasteiger partial charge in [0.1, 0.15) is 11.6 Å². The van der Waals surface area contributed by atoms with Crippen molar-refractivity contribution >= 4 is 11.6 Å². The van der Waals surface area contributed by atoms with E-state index in [9.17, 15) is 19.4 Å². The molecule has 5 heteroatoms. The number of phenolic OH excluding ortho intramolecular Hbond substituents is 1. The molecule has 0 fully saturated rings. The second-order valence-electron chi connectivity index (χ2n) is 4.79. The van der Waals surface area contributed by atoms with Gasteiger partial charge >= 0.3 is 0 Å². The van der Waals surface area contributed by atoms with Crippen LogP contribution in [0.1, 0.15) is 23.7 Å². The summed E-state index contributed by atoms with van der Waals surface area (Å²) < 4.78 is 13.1. The predicted octanol–water partition coefficient (Wildman–Crippen LogP) is 2.90. The normalized spacial score (nSPS) is 12.0. The topological polar surface area (TPSA) is 69.6 Å². The molecule has 0 unspecified atom stereocenters. The molecule has 0 bridgehead atoms. The number of anilines is 1. The molecule has 0 spiro atoms. The van der Waals surface area contributed by atoms with Crippen molar-refractivity contribution < 1.29 is 19.4 Å². The molecule has 0 aliphatic carbocycles. The van der Waals surface area contributed by atoms with E-state index in [1.165, 1.54) is 24.3 Å². The summed E-state index contributed by atoms with van der Waals surface area (Å²) in [6.45, 7) is 1.75. The molecule has 2 rings (SSSR count). The number of rotatable bonds is 4. The number of hydrogen-bond acceptors (Lipinski definition) is 3. The average Bonchev–Trinajstić information content (AvgIpc) is 2.43. The highest BCUT2D eigenvalue weighted by Gasteiger charge is 2.15. The first-order valence-electron chi connectivity index (χ1n) is 6.49. The summed E-state index contributed by atoms with van der Waals surface area (Å²) in [6.07, 6.45) is -1.33. The zero-order chi connectivity index (χ0) is 15.4. The number of phenols is 1. The molecule has 2 aromatic carbocycles. The van der Waals surface area contributed by atoms with Crippen LogP contribution in [0.2, 0.25) is 0 Å². The molecule has 0 aromatic heterocycles. The van der Waals surface area contributed by atoms with Crippen molar-refractivity contribution in [1.82, 2.24) is 0 Å². The molecule has 0 aliphatic heterocycles. The van der Waals surface area contributed by atoms with E-state index in [4.69, 9.17) is 0 Å². The van der Waals surface area contributed by atoms with Crippen molar-refractivity contribution in [2.45, 2.75) is 19.4 Å². The molecule has 110 valence electrons. The maximum Gasteiger partial charge on any atom is 0.227 e. The summed E-state index contributed by atoms with van der Waals surface area (Å²) >= 11 is 0. The number of aryl methyl sites for hydroxylation is 1. The standard InChI is InChI=1S/C16H16FNO3/c1-10-4-2-7-13(19)16(10)18-15(21)9-14(20)11-5-3-6-12(17)8-11/h2-8,14,19-20H,9H2,1H3,(H,18,21)/t14-/m1/s1. The fourth-order valence-electron chi connectivity index (χ4n) is 2.01. The maximum atomic E-state index is 13.1. The number of aliphatic hydroxyl groups excluding tert-OH is 1. The van der Waals surface area contributed by atoms with E-state index in [2.05, 4.69) is 5.32 Å². The molecule has 0 heterocycles. The Morgan fingerprint density at radius 2 is 2.00 bits per heavy atom. The first-order chi connectivity index (χ1) is 9.97. The van der Waals surface area contributed by atoms with Gasteiger partial charge in [0.15, 0.2) is 0 Å². The summed E-state index contributed by atoms with van der Waals surface area (Å²) in [5.41, 5.74) is 1.36. The Balaban J connectivity index is 2.05. The van der Waals surface area contributed by atoms with Crippen molar-refractivity contribution in [3.05, 3.63) is 59.4 Å². The number of benzene rings is 2. The Morgan fingerprint density at radius 3 is 2.67 bits per heavy atom. The molecule has 3 N–H and O–H groups in total. The van der Waals surface area contributed by atoms with Crippen LogP contribution in [0, 0.1) is 12.7 Å². The molecule has 0 saturated carbocycles. The summed E-state index contributed by atoms with van der Waals surface area (Å²) in [6, 6.07) is 10.3. The van der Waals surface area contributed by atoms with Crippen molar-refractivity contribution in [3.8, 4) is 5.75 Å². The van der Waals surface area contributed by atoms with Crippen LogP contribution >= 0.6 is 0 Å². The largest absolute Gasteiger partial charge is 0.506 e. The molecule has 0 aliphatic rings. The Kier molecular flexibility index (Phi) is 4.55. The summed E-state index contributed by atoms with van der Waals surface area (Å²) in [5.74, 6) is -0.969. The van der Waals surface area contributed by atoms with Crippen LogP contribution in [0.25, 0.3) is 0 Å². The minimum atomic E-state index is -1.10. The molecule has 1 amide bonds. The van der Waals surface area contributed by atoms with Gasteiger partial charge in [-0.05, 0) is 36.2 Å². The first-order valence-corrected chi connectivity index (χ1v) is 6.49. The molecular weight excluding hydrogens is 273 g/mol. The van der Waals surface area contributed by atoms with Crippen LogP contribution in [-0.4, -0.2) is 16.1 Å². The summed E-state index contributed by atoms with van der Waals surface area (Å²) in [7, 11) is 0. The third kappa shape index (κ3) is 3.79. The van der Waals surface area contributed by atoms with Gasteiger partial charge in [0.2, 0.25) is 5.91 Å². The van der Waals surface area contributed by atoms with Gasteiger partial charge in [-0.2, -0.15) is 0 Å². The van der Waals surface area contributed by atoms with Gasteiger partial charge in [-0.15, -0.1) is 0 Å². The number of halogens is 1. The smallest absolute Gasteiger partial charge is 0.227 e. The molecule has 1 atom stereocenters. The van der Waals surface area contributed by atoms with E-state index >= 15 is 0 Å². The zero-order valence-electron chi connectivity index (χ0n) is 11.5. The number of aliphatic hydroxyl groups is 1. The van der Waals surface area contributed by atoms with Gasteiger partial charge in [-0.1, -0.05) is 24.3 Å². The molecule has 0 saturated heterocycles. The number of aromatic hydroxyl groups is 1. The van der Waals surface area contributed by atoms with E-state index in [0.717, 1.165) is 0 Å². The fraction of sp³-hybridized carbons (Fsp3) is 0.188. The number of carbonyl (C=O) groups is 1. The fourth-order valence-corrected chi connectivity index (χ4v) is 2.01. The van der Waals surface area contributed by atoms with Crippen LogP contribution in [0.5, 0.6) is 5.75 Å². The SMILES string of the molecule is Cc1cccc(O)c1NC(=O)C[C@@H](O)c1cccc(F)c1. The Labute approximate surface area is 121 Å². The quantitative estimate of drug-likeness (QED) is 0.758. The van der Waals surface area contributed by atoms with Gasteiger partial charge < -0.3 is 15.5 Å². The monoisotopic (exact) mass is 289 g/mol. The minimum Gasteiger partial charge on any atom is -0.506 e. The maximum absolute atomic E-state index is 13.1. The van der Waals surface area contributed by atoms with E-state index in [1.54, 1.807) is 25.1 Å². The van der Waals surface area contributed by atoms with Gasteiger partial charge in [-0.3, -0.25) is 4.79 Å². The zero-order valence-corrected chi connectivity index (χ0v) is 11.5. The van der Waals surface area contributed by atoms with Gasteiger partial charge in [0, 0.05) is 0 Å². The summed E-state index contributed by atoms with van der Waals surface area (Å²) in [5, 5.41) is 22.2. The van der Waals surface area contributed by atoms with E-state index in [0.29, 0.717) is 16.8 Å². The highest BCUT2D eigenvalue weighted by atomic mass is 19.1. The van der Waals surface area contributed by atoms with Crippen LogP contribution in [0.15, 0.2) is 42.5 Å². The molecule has 2 aromatic rings. The van der Waals surface area contributed by atoms with Gasteiger partial charge in [0.05, 0.1) is 18.2 Å². The Bertz CT molecular complexity index is 637. The average molecular weight is 289 g/mol. The van der Waals surface area contributed by atoms with Gasteiger partial charge in [0.25, 0.3) is 0 Å². The highest BCUT2D eigenvalue weighted by molar-refractivity contribution is 5.93. The summed E-state index contributed by atoms with van der Waals surface area (Å²) in [4.78, 5) is 11.9. The highest BCUT2D eigenvalue weighted by Crippen LogP contribution is 2.27. The third-order valence-electron chi connectivity index (χ3n) is 3.13. The first kappa shape index (κ1) is 15.0. The predicted molar refractivity (Wildman–Crippen MR) is 77.5 cm³/mol. The third-order valence-corrected chi connectivity index (χ3v) is 3.13. The lowest BCUT2D eigenvalue weighted by Crippen LogP contribution is -2.16. The second kappa shape index (κ2) is 6.37. The number of nitrogens with one attached hydrogen (secondary N) is 1. The van der Waals surface area contributed by atoms with Crippen molar-refractivity contribution in [1.29, 1.82) is 0 Å². The molecule has 0 radical (unpaired) electrons.